The molecule has 1 amide bonds. The number of hydrogen-bond acceptors (Lipinski definition) is 3. The molecule has 0 aliphatic carbocycles. The predicted molar refractivity (Wildman–Crippen MR) is 73.0 cm³/mol. The van der Waals surface area contributed by atoms with Crippen LogP contribution in [0.1, 0.15) is 25.5 Å². The molecule has 0 spiro atoms. The van der Waals surface area contributed by atoms with E-state index in [4.69, 9.17) is 0 Å². The summed E-state index contributed by atoms with van der Waals surface area (Å²) in [7, 11) is 0. The number of halogens is 3. The van der Waals surface area contributed by atoms with Crippen LogP contribution in [0.15, 0.2) is 24.5 Å². The van der Waals surface area contributed by atoms with Crippen molar-refractivity contribution in [1.82, 2.24) is 19.6 Å². The molecule has 2 aromatic rings. The zero-order chi connectivity index (χ0) is 16.2. The maximum atomic E-state index is 12.4. The van der Waals surface area contributed by atoms with Crippen molar-refractivity contribution in [2.24, 2.45) is 0 Å². The molecule has 6 nitrogen and oxygen atoms in total. The van der Waals surface area contributed by atoms with E-state index in [1.54, 1.807) is 16.9 Å². The molecule has 0 radical (unpaired) electrons. The van der Waals surface area contributed by atoms with Crippen molar-refractivity contribution in [1.29, 1.82) is 0 Å². The molecule has 1 N–H and O–H groups in total. The molecule has 120 valence electrons. The highest BCUT2D eigenvalue weighted by Gasteiger charge is 2.33. The van der Waals surface area contributed by atoms with E-state index in [1.807, 2.05) is 6.92 Å². The number of aryl methyl sites for hydroxylation is 1. The monoisotopic (exact) mass is 315 g/mol. The molecular weight excluding hydrogens is 299 g/mol. The fourth-order valence-electron chi connectivity index (χ4n) is 1.86. The number of alkyl halides is 3. The molecule has 0 fully saturated rings. The van der Waals surface area contributed by atoms with Gasteiger partial charge in [-0.25, -0.2) is 4.68 Å². The number of unbranched alkanes of at least 4 members (excludes halogenated alkanes) is 1. The minimum absolute atomic E-state index is 0.297. The molecule has 0 atom stereocenters. The van der Waals surface area contributed by atoms with Crippen molar-refractivity contribution >= 4 is 11.7 Å². The highest BCUT2D eigenvalue weighted by atomic mass is 19.4. The number of amides is 1. The van der Waals surface area contributed by atoms with E-state index < -0.39 is 17.8 Å². The van der Waals surface area contributed by atoms with Gasteiger partial charge >= 0.3 is 6.18 Å². The predicted octanol–water partition coefficient (Wildman–Crippen LogP) is 2.54. The van der Waals surface area contributed by atoms with Gasteiger partial charge in [0.25, 0.3) is 0 Å². The topological polar surface area (TPSA) is 64.7 Å². The fourth-order valence-corrected chi connectivity index (χ4v) is 1.86. The summed E-state index contributed by atoms with van der Waals surface area (Å²) in [5, 5.41) is 10.0. The Morgan fingerprint density at radius 1 is 1.36 bits per heavy atom. The Kier molecular flexibility index (Phi) is 4.84. The third kappa shape index (κ3) is 4.09. The van der Waals surface area contributed by atoms with Crippen LogP contribution in [0.2, 0.25) is 0 Å². The number of carbonyl (C=O) groups is 1. The Morgan fingerprint density at radius 2 is 2.14 bits per heavy atom. The van der Waals surface area contributed by atoms with Gasteiger partial charge in [-0.15, -0.1) is 0 Å². The largest absolute Gasteiger partial charge is 0.435 e. The van der Waals surface area contributed by atoms with E-state index in [1.165, 1.54) is 0 Å². The second-order valence-corrected chi connectivity index (χ2v) is 4.74. The van der Waals surface area contributed by atoms with E-state index >= 15 is 0 Å². The molecule has 9 heteroatoms. The summed E-state index contributed by atoms with van der Waals surface area (Å²) in [5.74, 6) is 0.0525. The second-order valence-electron chi connectivity index (χ2n) is 4.74. The van der Waals surface area contributed by atoms with E-state index in [0.717, 1.165) is 29.8 Å². The van der Waals surface area contributed by atoms with Crippen LogP contribution in [0.3, 0.4) is 0 Å². The van der Waals surface area contributed by atoms with Gasteiger partial charge in [-0.05, 0) is 12.5 Å². The summed E-state index contributed by atoms with van der Waals surface area (Å²) in [6, 6.07) is 2.47. The molecule has 0 saturated heterocycles. The first-order valence-electron chi connectivity index (χ1n) is 6.82. The molecule has 2 rings (SSSR count). The van der Waals surface area contributed by atoms with Crippen molar-refractivity contribution in [2.45, 2.75) is 39.0 Å². The molecule has 22 heavy (non-hydrogen) atoms. The highest BCUT2D eigenvalue weighted by molar-refractivity contribution is 5.89. The van der Waals surface area contributed by atoms with E-state index in [-0.39, 0.29) is 6.54 Å². The third-order valence-corrected chi connectivity index (χ3v) is 2.94. The van der Waals surface area contributed by atoms with Crippen LogP contribution in [0.25, 0.3) is 0 Å². The first-order valence-corrected chi connectivity index (χ1v) is 6.82. The number of hydrogen-bond donors (Lipinski definition) is 1. The molecule has 2 aromatic heterocycles. The van der Waals surface area contributed by atoms with Crippen LogP contribution in [-0.4, -0.2) is 25.5 Å². The third-order valence-electron chi connectivity index (χ3n) is 2.94. The zero-order valence-electron chi connectivity index (χ0n) is 12.0. The maximum Gasteiger partial charge on any atom is 0.435 e. The van der Waals surface area contributed by atoms with Crippen LogP contribution in [0.5, 0.6) is 0 Å². The lowest BCUT2D eigenvalue weighted by atomic mass is 10.3. The van der Waals surface area contributed by atoms with Gasteiger partial charge in [-0.3, -0.25) is 9.48 Å². The van der Waals surface area contributed by atoms with Crippen molar-refractivity contribution in [2.75, 3.05) is 5.32 Å². The number of rotatable bonds is 6. The van der Waals surface area contributed by atoms with Gasteiger partial charge in [0, 0.05) is 18.8 Å². The molecule has 0 bridgehead atoms. The van der Waals surface area contributed by atoms with Crippen LogP contribution in [0.4, 0.5) is 19.0 Å². The maximum absolute atomic E-state index is 12.4. The normalized spacial score (nSPS) is 11.6. The van der Waals surface area contributed by atoms with E-state index in [2.05, 4.69) is 15.5 Å². The highest BCUT2D eigenvalue weighted by Crippen LogP contribution is 2.27. The smallest absolute Gasteiger partial charge is 0.309 e. The molecule has 0 aliphatic rings. The summed E-state index contributed by atoms with van der Waals surface area (Å²) in [5.41, 5.74) is -1.02. The summed E-state index contributed by atoms with van der Waals surface area (Å²) in [4.78, 5) is 11.9. The Balaban J connectivity index is 1.96. The first-order chi connectivity index (χ1) is 10.4. The minimum atomic E-state index is -4.51. The number of nitrogens with zero attached hydrogens (tertiary/aromatic N) is 4. The lowest BCUT2D eigenvalue weighted by Gasteiger charge is -2.08. The average molecular weight is 315 g/mol. The first kappa shape index (κ1) is 16.1. The van der Waals surface area contributed by atoms with Crippen LogP contribution in [-0.2, 0) is 24.1 Å². The molecule has 2 heterocycles. The summed E-state index contributed by atoms with van der Waals surface area (Å²) < 4.78 is 39.9. The van der Waals surface area contributed by atoms with Gasteiger partial charge in [0.05, 0.1) is 6.20 Å². The summed E-state index contributed by atoms with van der Waals surface area (Å²) in [6.45, 7) is 2.41. The van der Waals surface area contributed by atoms with Gasteiger partial charge in [0.1, 0.15) is 12.4 Å². The van der Waals surface area contributed by atoms with Gasteiger partial charge in [-0.2, -0.15) is 23.4 Å². The van der Waals surface area contributed by atoms with Gasteiger partial charge < -0.3 is 5.32 Å². The molecule has 0 saturated carbocycles. The summed E-state index contributed by atoms with van der Waals surface area (Å²) in [6.07, 6.45) is 0.0671. The van der Waals surface area contributed by atoms with Crippen LogP contribution >= 0.6 is 0 Å². The van der Waals surface area contributed by atoms with Crippen molar-refractivity contribution < 1.29 is 18.0 Å². The minimum Gasteiger partial charge on any atom is -0.309 e. The Bertz CT molecular complexity index is 632. The van der Waals surface area contributed by atoms with Crippen LogP contribution < -0.4 is 5.32 Å². The number of nitrogens with one attached hydrogen (secondary N) is 1. The van der Waals surface area contributed by atoms with Crippen LogP contribution in [0, 0.1) is 0 Å². The molecule has 0 unspecified atom stereocenters. The number of aromatic nitrogens is 4. The quantitative estimate of drug-likeness (QED) is 0.891. The molecule has 0 aromatic carbocycles. The van der Waals surface area contributed by atoms with Gasteiger partial charge in [0.15, 0.2) is 5.69 Å². The fraction of sp³-hybridized carbons (Fsp3) is 0.462. The Morgan fingerprint density at radius 3 is 2.77 bits per heavy atom. The average Bonchev–Trinajstić information content (AvgIpc) is 3.05. The number of carbonyl (C=O) groups excluding carboxylic acids is 1. The van der Waals surface area contributed by atoms with Gasteiger partial charge in [0.2, 0.25) is 5.91 Å². The second kappa shape index (κ2) is 6.63. The lowest BCUT2D eigenvalue weighted by molar-refractivity contribution is -0.141. The zero-order valence-corrected chi connectivity index (χ0v) is 12.0. The van der Waals surface area contributed by atoms with Gasteiger partial charge in [-0.1, -0.05) is 13.3 Å². The Hall–Kier alpha value is -2.32. The molecule has 0 aliphatic heterocycles. The van der Waals surface area contributed by atoms with E-state index in [9.17, 15) is 18.0 Å². The van der Waals surface area contributed by atoms with Crippen molar-refractivity contribution in [3.63, 3.8) is 0 Å². The lowest BCUT2D eigenvalue weighted by Crippen LogP contribution is -2.21. The van der Waals surface area contributed by atoms with Crippen molar-refractivity contribution in [3.8, 4) is 0 Å². The van der Waals surface area contributed by atoms with E-state index in [0.29, 0.717) is 12.4 Å². The molecular formula is C13H16F3N5O. The Labute approximate surface area is 124 Å². The standard InChI is InChI=1S/C13H16F3N5O/c1-2-3-7-21-11(4-6-17-21)18-12(22)9-20-8-5-10(19-20)13(14,15)16/h4-6,8H,2-3,7,9H2,1H3,(H,18,22). The number of anilines is 1. The van der Waals surface area contributed by atoms with Crippen molar-refractivity contribution in [3.05, 3.63) is 30.2 Å². The SMILES string of the molecule is CCCCn1nccc1NC(=O)Cn1ccc(C(F)(F)F)n1. The summed E-state index contributed by atoms with van der Waals surface area (Å²) >= 11 is 0.